The van der Waals surface area contributed by atoms with Crippen LogP contribution in [-0.2, 0) is 24.3 Å². The first-order chi connectivity index (χ1) is 15.6. The monoisotopic (exact) mass is 431 g/mol. The fourth-order valence-electron chi connectivity index (χ4n) is 4.49. The number of benzene rings is 2. The summed E-state index contributed by atoms with van der Waals surface area (Å²) >= 11 is 0. The number of amides is 1. The molecule has 0 unspecified atom stereocenters. The molecule has 0 saturated carbocycles. The number of hydrogen-bond acceptors (Lipinski definition) is 5. The number of likely N-dealkylation sites (N-methyl/N-ethyl adjacent to an activating group) is 1. The molecule has 0 bridgehead atoms. The summed E-state index contributed by atoms with van der Waals surface area (Å²) in [6.45, 7) is 5.40. The molecule has 2 aliphatic heterocycles. The zero-order valence-corrected chi connectivity index (χ0v) is 18.7. The minimum absolute atomic E-state index is 0.130. The highest BCUT2D eigenvalue weighted by atomic mass is 16.5. The lowest BCUT2D eigenvalue weighted by Gasteiger charge is -2.34. The third-order valence-electron chi connectivity index (χ3n) is 6.52. The Bertz CT molecular complexity index is 1080. The maximum atomic E-state index is 12.9. The lowest BCUT2D eigenvalue weighted by molar-refractivity contribution is -0.132. The van der Waals surface area contributed by atoms with Crippen molar-refractivity contribution in [2.24, 2.45) is 0 Å². The van der Waals surface area contributed by atoms with E-state index < -0.39 is 0 Å². The molecule has 0 spiro atoms. The number of carbonyl (C=O) groups excluding carboxylic acids is 1. The second kappa shape index (κ2) is 8.67. The van der Waals surface area contributed by atoms with Gasteiger partial charge in [0, 0.05) is 49.5 Å². The van der Waals surface area contributed by atoms with Crippen molar-refractivity contribution in [2.45, 2.75) is 19.5 Å². The lowest BCUT2D eigenvalue weighted by Crippen LogP contribution is -2.44. The van der Waals surface area contributed by atoms with Crippen LogP contribution in [0.15, 0.2) is 48.5 Å². The fourth-order valence-corrected chi connectivity index (χ4v) is 4.49. The maximum Gasteiger partial charge on any atom is 0.227 e. The van der Waals surface area contributed by atoms with E-state index >= 15 is 0 Å². The number of aromatic nitrogens is 2. The number of fused-ring (bicyclic) bond motifs is 1. The van der Waals surface area contributed by atoms with Crippen LogP contribution in [0.25, 0.3) is 11.3 Å². The van der Waals surface area contributed by atoms with Crippen LogP contribution < -0.4 is 9.64 Å². The summed E-state index contributed by atoms with van der Waals surface area (Å²) in [5.41, 5.74) is 6.32. The first-order valence-electron chi connectivity index (χ1n) is 11.1. The van der Waals surface area contributed by atoms with E-state index in [9.17, 15) is 4.79 Å². The summed E-state index contributed by atoms with van der Waals surface area (Å²) in [5.74, 6) is 0.947. The van der Waals surface area contributed by atoms with E-state index in [0.717, 1.165) is 60.0 Å². The molecule has 0 atom stereocenters. The van der Waals surface area contributed by atoms with Crippen LogP contribution in [-0.4, -0.2) is 66.2 Å². The van der Waals surface area contributed by atoms with Gasteiger partial charge in [0.2, 0.25) is 5.91 Å². The molecule has 0 aliphatic carbocycles. The zero-order valence-electron chi connectivity index (χ0n) is 18.7. The Morgan fingerprint density at radius 1 is 1.00 bits per heavy atom. The summed E-state index contributed by atoms with van der Waals surface area (Å²) in [7, 11) is 3.82. The van der Waals surface area contributed by atoms with E-state index in [-0.39, 0.29) is 5.91 Å². The average Bonchev–Trinajstić information content (AvgIpc) is 3.23. The Kier molecular flexibility index (Phi) is 5.57. The van der Waals surface area contributed by atoms with Crippen molar-refractivity contribution in [1.29, 1.82) is 0 Å². The predicted molar refractivity (Wildman–Crippen MR) is 125 cm³/mol. The highest BCUT2D eigenvalue weighted by Gasteiger charge is 2.28. The maximum absolute atomic E-state index is 12.9. The highest BCUT2D eigenvalue weighted by molar-refractivity contribution is 5.83. The van der Waals surface area contributed by atoms with Crippen LogP contribution in [0.4, 0.5) is 5.69 Å². The molecule has 1 amide bonds. The zero-order chi connectivity index (χ0) is 22.1. The van der Waals surface area contributed by atoms with Gasteiger partial charge in [0.15, 0.2) is 0 Å². The average molecular weight is 432 g/mol. The normalized spacial score (nSPS) is 16.9. The summed E-state index contributed by atoms with van der Waals surface area (Å²) in [6.07, 6.45) is 0.373. The fraction of sp³-hybridized carbons (Fsp3) is 0.360. The summed E-state index contributed by atoms with van der Waals surface area (Å²) < 4.78 is 5.22. The molecule has 7 heteroatoms. The summed E-state index contributed by atoms with van der Waals surface area (Å²) in [6, 6.07) is 16.4. The first kappa shape index (κ1) is 20.6. The predicted octanol–water partition coefficient (Wildman–Crippen LogP) is 2.92. The number of nitrogens with zero attached hydrogens (tertiary/aromatic N) is 4. The van der Waals surface area contributed by atoms with Crippen molar-refractivity contribution in [2.75, 3.05) is 45.2 Å². The smallest absolute Gasteiger partial charge is 0.227 e. The third kappa shape index (κ3) is 4.08. The molecule has 2 aliphatic rings. The van der Waals surface area contributed by atoms with Gasteiger partial charge in [0.05, 0.1) is 31.5 Å². The minimum atomic E-state index is 0.130. The molecule has 3 heterocycles. The van der Waals surface area contributed by atoms with E-state index in [1.54, 1.807) is 7.11 Å². The standard InChI is InChI=1S/C25H29N5O2/c1-28-11-13-29(14-12-28)20-7-5-19(6-8-20)25-22-15-24(31)30(17-23(22)26-27-25)16-18-3-9-21(32-2)10-4-18/h3-10H,11-17H2,1-2H3,(H,26,27). The number of anilines is 1. The van der Waals surface area contributed by atoms with Crippen molar-refractivity contribution in [3.05, 3.63) is 65.4 Å². The Hall–Kier alpha value is -3.32. The van der Waals surface area contributed by atoms with Gasteiger partial charge in [-0.05, 0) is 36.9 Å². The number of hydrogen-bond donors (Lipinski definition) is 1. The summed E-state index contributed by atoms with van der Waals surface area (Å²) in [4.78, 5) is 19.6. The molecule has 0 radical (unpaired) electrons. The van der Waals surface area contributed by atoms with E-state index in [1.807, 2.05) is 29.2 Å². The Labute approximate surface area is 188 Å². The van der Waals surface area contributed by atoms with Gasteiger partial charge in [-0.15, -0.1) is 0 Å². The van der Waals surface area contributed by atoms with Crippen LogP contribution in [0.3, 0.4) is 0 Å². The molecule has 5 rings (SSSR count). The van der Waals surface area contributed by atoms with Crippen molar-refractivity contribution in [1.82, 2.24) is 20.0 Å². The molecule has 1 fully saturated rings. The van der Waals surface area contributed by atoms with Crippen molar-refractivity contribution < 1.29 is 9.53 Å². The van der Waals surface area contributed by atoms with E-state index in [0.29, 0.717) is 19.5 Å². The SMILES string of the molecule is COc1ccc(CN2Cc3[nH]nc(-c4ccc(N5CCN(C)CC5)cc4)c3CC2=O)cc1. The van der Waals surface area contributed by atoms with Crippen LogP contribution >= 0.6 is 0 Å². The number of H-pyrrole nitrogens is 1. The van der Waals surface area contributed by atoms with Gasteiger partial charge in [-0.3, -0.25) is 9.89 Å². The number of carbonyl (C=O) groups is 1. The van der Waals surface area contributed by atoms with Gasteiger partial charge < -0.3 is 19.4 Å². The topological polar surface area (TPSA) is 64.7 Å². The number of rotatable bonds is 5. The second-order valence-corrected chi connectivity index (χ2v) is 8.64. The second-order valence-electron chi connectivity index (χ2n) is 8.64. The van der Waals surface area contributed by atoms with E-state index in [2.05, 4.69) is 51.3 Å². The van der Waals surface area contributed by atoms with Crippen molar-refractivity contribution in [3.63, 3.8) is 0 Å². The van der Waals surface area contributed by atoms with E-state index in [1.165, 1.54) is 5.69 Å². The minimum Gasteiger partial charge on any atom is -0.497 e. The Morgan fingerprint density at radius 3 is 2.41 bits per heavy atom. The number of methoxy groups -OCH3 is 1. The molecule has 2 aromatic carbocycles. The third-order valence-corrected chi connectivity index (χ3v) is 6.52. The van der Waals surface area contributed by atoms with Gasteiger partial charge in [-0.1, -0.05) is 24.3 Å². The van der Waals surface area contributed by atoms with Gasteiger partial charge in [-0.2, -0.15) is 5.10 Å². The van der Waals surface area contributed by atoms with Crippen LogP contribution in [0.1, 0.15) is 16.8 Å². The molecule has 1 aromatic heterocycles. The van der Waals surface area contributed by atoms with Crippen LogP contribution in [0, 0.1) is 0 Å². The lowest BCUT2D eigenvalue weighted by atomic mass is 9.99. The van der Waals surface area contributed by atoms with Gasteiger partial charge >= 0.3 is 0 Å². The van der Waals surface area contributed by atoms with Crippen LogP contribution in [0.5, 0.6) is 5.75 Å². The van der Waals surface area contributed by atoms with Gasteiger partial charge in [0.25, 0.3) is 0 Å². The Morgan fingerprint density at radius 2 is 1.72 bits per heavy atom. The van der Waals surface area contributed by atoms with E-state index in [4.69, 9.17) is 4.74 Å². The number of piperazine rings is 1. The van der Waals surface area contributed by atoms with Crippen molar-refractivity contribution in [3.8, 4) is 17.0 Å². The number of aromatic amines is 1. The molecule has 3 aromatic rings. The molecule has 1 N–H and O–H groups in total. The van der Waals surface area contributed by atoms with Crippen LogP contribution in [0.2, 0.25) is 0 Å². The van der Waals surface area contributed by atoms with Gasteiger partial charge in [0.1, 0.15) is 5.75 Å². The Balaban J connectivity index is 1.30. The number of ether oxygens (including phenoxy) is 1. The quantitative estimate of drug-likeness (QED) is 0.673. The molecular weight excluding hydrogens is 402 g/mol. The first-order valence-corrected chi connectivity index (χ1v) is 11.1. The number of nitrogens with one attached hydrogen (secondary N) is 1. The molecule has 166 valence electrons. The largest absolute Gasteiger partial charge is 0.497 e. The van der Waals surface area contributed by atoms with Crippen molar-refractivity contribution >= 4 is 11.6 Å². The molecule has 7 nitrogen and oxygen atoms in total. The summed E-state index contributed by atoms with van der Waals surface area (Å²) in [5, 5.41) is 7.76. The highest BCUT2D eigenvalue weighted by Crippen LogP contribution is 2.31. The molecular formula is C25H29N5O2. The van der Waals surface area contributed by atoms with Gasteiger partial charge in [-0.25, -0.2) is 0 Å². The molecule has 1 saturated heterocycles. The molecule has 32 heavy (non-hydrogen) atoms.